The number of nitrogens with zero attached hydrogens (tertiary/aromatic N) is 2. The van der Waals surface area contributed by atoms with Gasteiger partial charge < -0.3 is 4.90 Å². The Morgan fingerprint density at radius 1 is 1.38 bits per heavy atom. The normalized spacial score (nSPS) is 21.9. The zero-order valence-corrected chi connectivity index (χ0v) is 12.8. The standard InChI is InChI=1S/C16H22N2O3/c1-11-5-4-6-13(9-11)17(3)16-8-7-14(18(20)21)10-15(16)12(2)19/h7-8,10-11,13H,4-6,9H2,1-3H3. The van der Waals surface area contributed by atoms with Gasteiger partial charge in [0, 0.05) is 36.5 Å². The highest BCUT2D eigenvalue weighted by Crippen LogP contribution is 2.32. The molecule has 0 aromatic heterocycles. The second kappa shape index (κ2) is 6.24. The molecule has 0 aliphatic heterocycles. The zero-order chi connectivity index (χ0) is 15.6. The SMILES string of the molecule is CC(=O)c1cc([N+](=O)[O-])ccc1N(C)C1CCCC(C)C1. The molecule has 0 radical (unpaired) electrons. The van der Waals surface area contributed by atoms with Crippen LogP contribution in [0.5, 0.6) is 0 Å². The van der Waals surface area contributed by atoms with E-state index in [9.17, 15) is 14.9 Å². The van der Waals surface area contributed by atoms with Gasteiger partial charge >= 0.3 is 0 Å². The van der Waals surface area contributed by atoms with Crippen LogP contribution in [0.2, 0.25) is 0 Å². The quantitative estimate of drug-likeness (QED) is 0.480. The topological polar surface area (TPSA) is 63.4 Å². The van der Waals surface area contributed by atoms with E-state index in [4.69, 9.17) is 0 Å². The fourth-order valence-corrected chi connectivity index (χ4v) is 3.18. The molecule has 0 spiro atoms. The van der Waals surface area contributed by atoms with Crippen LogP contribution in [0.3, 0.4) is 0 Å². The van der Waals surface area contributed by atoms with E-state index in [2.05, 4.69) is 11.8 Å². The molecular weight excluding hydrogens is 268 g/mol. The number of benzene rings is 1. The van der Waals surface area contributed by atoms with Crippen molar-refractivity contribution in [2.45, 2.75) is 45.6 Å². The number of carbonyl (C=O) groups excluding carboxylic acids is 1. The van der Waals surface area contributed by atoms with Gasteiger partial charge in [-0.2, -0.15) is 0 Å². The number of ketones is 1. The van der Waals surface area contributed by atoms with Crippen LogP contribution in [0, 0.1) is 16.0 Å². The Hall–Kier alpha value is -1.91. The number of non-ortho nitro benzene ring substituents is 1. The Kier molecular flexibility index (Phi) is 4.60. The summed E-state index contributed by atoms with van der Waals surface area (Å²) in [6.45, 7) is 3.71. The van der Waals surface area contributed by atoms with Crippen LogP contribution in [0.15, 0.2) is 18.2 Å². The monoisotopic (exact) mass is 290 g/mol. The highest BCUT2D eigenvalue weighted by Gasteiger charge is 2.25. The van der Waals surface area contributed by atoms with E-state index in [-0.39, 0.29) is 11.5 Å². The average molecular weight is 290 g/mol. The van der Waals surface area contributed by atoms with Gasteiger partial charge in [0.1, 0.15) is 0 Å². The summed E-state index contributed by atoms with van der Waals surface area (Å²) in [7, 11) is 1.98. The predicted octanol–water partition coefficient (Wildman–Crippen LogP) is 3.81. The Labute approximate surface area is 125 Å². The molecule has 1 aromatic rings. The lowest BCUT2D eigenvalue weighted by Gasteiger charge is -2.36. The molecule has 0 amide bonds. The number of Topliss-reactive ketones (excluding diaryl/α,β-unsaturated/α-hetero) is 1. The molecule has 0 bridgehead atoms. The van der Waals surface area contributed by atoms with Gasteiger partial charge in [-0.1, -0.05) is 19.8 Å². The predicted molar refractivity (Wildman–Crippen MR) is 82.9 cm³/mol. The van der Waals surface area contributed by atoms with Crippen molar-refractivity contribution in [1.82, 2.24) is 0 Å². The molecule has 0 N–H and O–H groups in total. The fraction of sp³-hybridized carbons (Fsp3) is 0.562. The summed E-state index contributed by atoms with van der Waals surface area (Å²) in [5.74, 6) is 0.550. The molecule has 5 heteroatoms. The second-order valence-corrected chi connectivity index (χ2v) is 6.05. The van der Waals surface area contributed by atoms with Crippen LogP contribution in [-0.2, 0) is 0 Å². The van der Waals surface area contributed by atoms with Crippen molar-refractivity contribution in [1.29, 1.82) is 0 Å². The number of anilines is 1. The molecular formula is C16H22N2O3. The molecule has 1 aliphatic carbocycles. The first-order chi connectivity index (χ1) is 9.90. The first-order valence-corrected chi connectivity index (χ1v) is 7.42. The average Bonchev–Trinajstić information content (AvgIpc) is 2.45. The van der Waals surface area contributed by atoms with Gasteiger partial charge in [-0.25, -0.2) is 0 Å². The molecule has 2 unspecified atom stereocenters. The summed E-state index contributed by atoms with van der Waals surface area (Å²) < 4.78 is 0. The van der Waals surface area contributed by atoms with E-state index in [1.54, 1.807) is 6.07 Å². The van der Waals surface area contributed by atoms with Crippen molar-refractivity contribution in [2.24, 2.45) is 5.92 Å². The number of hydrogen-bond acceptors (Lipinski definition) is 4. The minimum atomic E-state index is -0.459. The van der Waals surface area contributed by atoms with Gasteiger partial charge in [-0.3, -0.25) is 14.9 Å². The van der Waals surface area contributed by atoms with E-state index < -0.39 is 4.92 Å². The molecule has 114 valence electrons. The van der Waals surface area contributed by atoms with Crippen molar-refractivity contribution >= 4 is 17.2 Å². The molecule has 1 aromatic carbocycles. The Balaban J connectivity index is 2.33. The van der Waals surface area contributed by atoms with Crippen LogP contribution in [0.25, 0.3) is 0 Å². The van der Waals surface area contributed by atoms with Crippen LogP contribution >= 0.6 is 0 Å². The number of nitro groups is 1. The molecule has 0 saturated heterocycles. The summed E-state index contributed by atoms with van der Waals surface area (Å²) >= 11 is 0. The minimum absolute atomic E-state index is 0.0330. The molecule has 5 nitrogen and oxygen atoms in total. The van der Waals surface area contributed by atoms with Crippen molar-refractivity contribution in [2.75, 3.05) is 11.9 Å². The summed E-state index contributed by atoms with van der Waals surface area (Å²) in [5, 5.41) is 10.9. The zero-order valence-electron chi connectivity index (χ0n) is 12.8. The number of carbonyl (C=O) groups is 1. The van der Waals surface area contributed by atoms with Gasteiger partial charge in [-0.15, -0.1) is 0 Å². The third-order valence-corrected chi connectivity index (χ3v) is 4.41. The first kappa shape index (κ1) is 15.5. The maximum atomic E-state index is 11.8. The van der Waals surface area contributed by atoms with Crippen LogP contribution in [0.4, 0.5) is 11.4 Å². The van der Waals surface area contributed by atoms with Gasteiger partial charge in [-0.05, 0) is 31.7 Å². The lowest BCUT2D eigenvalue weighted by molar-refractivity contribution is -0.384. The molecule has 2 atom stereocenters. The second-order valence-electron chi connectivity index (χ2n) is 6.05. The van der Waals surface area contributed by atoms with Gasteiger partial charge in [0.15, 0.2) is 5.78 Å². The first-order valence-electron chi connectivity index (χ1n) is 7.42. The molecule has 1 fully saturated rings. The molecule has 1 aliphatic rings. The maximum Gasteiger partial charge on any atom is 0.270 e. The van der Waals surface area contributed by atoms with E-state index in [1.165, 1.54) is 31.9 Å². The van der Waals surface area contributed by atoms with Crippen molar-refractivity contribution in [3.63, 3.8) is 0 Å². The Morgan fingerprint density at radius 3 is 2.67 bits per heavy atom. The summed E-state index contributed by atoms with van der Waals surface area (Å²) in [5.41, 5.74) is 1.20. The van der Waals surface area contributed by atoms with E-state index in [1.807, 2.05) is 7.05 Å². The number of hydrogen-bond donors (Lipinski definition) is 0. The van der Waals surface area contributed by atoms with Gasteiger partial charge in [0.05, 0.1) is 4.92 Å². The molecule has 0 heterocycles. The Bertz CT molecular complexity index is 556. The van der Waals surface area contributed by atoms with Gasteiger partial charge in [0.25, 0.3) is 5.69 Å². The summed E-state index contributed by atoms with van der Waals surface area (Å²) in [6.07, 6.45) is 4.66. The number of rotatable bonds is 4. The van der Waals surface area contributed by atoms with Crippen molar-refractivity contribution in [3.05, 3.63) is 33.9 Å². The summed E-state index contributed by atoms with van der Waals surface area (Å²) in [6, 6.07) is 4.97. The van der Waals surface area contributed by atoms with Crippen LogP contribution in [0.1, 0.15) is 49.9 Å². The summed E-state index contributed by atoms with van der Waals surface area (Å²) in [4.78, 5) is 24.4. The Morgan fingerprint density at radius 2 is 2.10 bits per heavy atom. The van der Waals surface area contributed by atoms with Crippen molar-refractivity contribution < 1.29 is 9.72 Å². The van der Waals surface area contributed by atoms with Crippen LogP contribution in [-0.4, -0.2) is 23.8 Å². The smallest absolute Gasteiger partial charge is 0.270 e. The highest BCUT2D eigenvalue weighted by atomic mass is 16.6. The molecule has 21 heavy (non-hydrogen) atoms. The largest absolute Gasteiger partial charge is 0.371 e. The number of nitro benzene ring substituents is 1. The van der Waals surface area contributed by atoms with Crippen molar-refractivity contribution in [3.8, 4) is 0 Å². The minimum Gasteiger partial charge on any atom is -0.371 e. The third-order valence-electron chi connectivity index (χ3n) is 4.41. The maximum absolute atomic E-state index is 11.8. The van der Waals surface area contributed by atoms with E-state index >= 15 is 0 Å². The third kappa shape index (κ3) is 3.40. The fourth-order valence-electron chi connectivity index (χ4n) is 3.18. The molecule has 2 rings (SSSR count). The van der Waals surface area contributed by atoms with Crippen LogP contribution < -0.4 is 4.90 Å². The van der Waals surface area contributed by atoms with E-state index in [0.717, 1.165) is 18.5 Å². The molecule has 1 saturated carbocycles. The lowest BCUT2D eigenvalue weighted by Crippen LogP contribution is -2.36. The van der Waals surface area contributed by atoms with E-state index in [0.29, 0.717) is 17.5 Å². The van der Waals surface area contributed by atoms with Gasteiger partial charge in [0.2, 0.25) is 0 Å². The lowest BCUT2D eigenvalue weighted by atomic mass is 9.86. The highest BCUT2D eigenvalue weighted by molar-refractivity contribution is 6.00.